The molecule has 1 saturated carbocycles. The van der Waals surface area contributed by atoms with E-state index in [0.29, 0.717) is 12.3 Å². The molecule has 6 nitrogen and oxygen atoms in total. The van der Waals surface area contributed by atoms with E-state index in [1.54, 1.807) is 0 Å². The van der Waals surface area contributed by atoms with E-state index in [9.17, 15) is 4.79 Å². The van der Waals surface area contributed by atoms with Gasteiger partial charge in [-0.2, -0.15) is 5.10 Å². The minimum absolute atomic E-state index is 0.247. The average molecular weight is 476 g/mol. The maximum atomic E-state index is 13.5. The number of hydrogen-bond donors (Lipinski definition) is 2. The van der Waals surface area contributed by atoms with Gasteiger partial charge < -0.3 is 9.88 Å². The van der Waals surface area contributed by atoms with Gasteiger partial charge in [-0.05, 0) is 61.6 Å². The Balaban J connectivity index is 1.31. The summed E-state index contributed by atoms with van der Waals surface area (Å²) in [7, 11) is 0. The quantitative estimate of drug-likeness (QED) is 0.339. The molecule has 1 saturated heterocycles. The van der Waals surface area contributed by atoms with Gasteiger partial charge in [-0.1, -0.05) is 48.5 Å². The predicted octanol–water partition coefficient (Wildman–Crippen LogP) is 5.51. The molecule has 0 spiro atoms. The van der Waals surface area contributed by atoms with Gasteiger partial charge in [0.2, 0.25) is 0 Å². The second kappa shape index (κ2) is 8.14. The molecular weight excluding hydrogens is 446 g/mol. The molecule has 0 bridgehead atoms. The van der Waals surface area contributed by atoms with Crippen molar-refractivity contribution in [1.29, 1.82) is 0 Å². The molecule has 7 rings (SSSR count). The third kappa shape index (κ3) is 3.47. The van der Waals surface area contributed by atoms with Crippen molar-refractivity contribution < 1.29 is 4.79 Å². The molecule has 1 aliphatic heterocycles. The van der Waals surface area contributed by atoms with Crippen molar-refractivity contribution in [2.45, 2.75) is 32.7 Å². The number of aryl methyl sites for hydroxylation is 1. The number of nitrogens with one attached hydrogen (secondary N) is 2. The zero-order valence-corrected chi connectivity index (χ0v) is 20.4. The molecule has 0 radical (unpaired) electrons. The van der Waals surface area contributed by atoms with Crippen molar-refractivity contribution in [2.24, 2.45) is 11.3 Å². The zero-order valence-electron chi connectivity index (χ0n) is 20.4. The number of para-hydroxylation sites is 1. The van der Waals surface area contributed by atoms with Gasteiger partial charge in [0.1, 0.15) is 11.6 Å². The van der Waals surface area contributed by atoms with Gasteiger partial charge in [0.15, 0.2) is 0 Å². The van der Waals surface area contributed by atoms with E-state index < -0.39 is 0 Å². The molecule has 3 aromatic carbocycles. The van der Waals surface area contributed by atoms with Crippen LogP contribution in [-0.4, -0.2) is 38.6 Å². The topological polar surface area (TPSA) is 75.6 Å². The molecule has 6 heteroatoms. The fourth-order valence-electron chi connectivity index (χ4n) is 5.84. The second-order valence-electron chi connectivity index (χ2n) is 10.6. The summed E-state index contributed by atoms with van der Waals surface area (Å²) < 4.78 is 2.31. The lowest BCUT2D eigenvalue weighted by Gasteiger charge is -2.28. The molecule has 2 N–H and O–H groups in total. The van der Waals surface area contributed by atoms with Crippen LogP contribution in [0.25, 0.3) is 44.5 Å². The number of aromatic nitrogens is 4. The van der Waals surface area contributed by atoms with E-state index in [-0.39, 0.29) is 11.3 Å². The van der Waals surface area contributed by atoms with Crippen LogP contribution in [0.3, 0.4) is 0 Å². The molecule has 2 aliphatic rings. The van der Waals surface area contributed by atoms with Gasteiger partial charge in [-0.25, -0.2) is 4.98 Å². The summed E-state index contributed by atoms with van der Waals surface area (Å²) in [5.41, 5.74) is 7.32. The van der Waals surface area contributed by atoms with E-state index >= 15 is 0 Å². The Morgan fingerprint density at radius 2 is 1.86 bits per heavy atom. The Bertz CT molecular complexity index is 1600. The maximum absolute atomic E-state index is 13.5. The summed E-state index contributed by atoms with van der Waals surface area (Å²) in [5.74, 6) is 1.62. The Hall–Kier alpha value is -3.77. The summed E-state index contributed by atoms with van der Waals surface area (Å²) in [6, 6.07) is 21.3. The fourth-order valence-corrected chi connectivity index (χ4v) is 5.84. The number of ketones is 1. The van der Waals surface area contributed by atoms with Crippen LogP contribution in [0.5, 0.6) is 0 Å². The van der Waals surface area contributed by atoms with E-state index in [1.807, 2.05) is 6.20 Å². The van der Waals surface area contributed by atoms with E-state index in [4.69, 9.17) is 4.98 Å². The van der Waals surface area contributed by atoms with Gasteiger partial charge in [0, 0.05) is 30.0 Å². The predicted molar refractivity (Wildman–Crippen MR) is 143 cm³/mol. The maximum Gasteiger partial charge on any atom is 0.145 e. The van der Waals surface area contributed by atoms with E-state index in [0.717, 1.165) is 82.4 Å². The Morgan fingerprint density at radius 1 is 1.06 bits per heavy atom. The van der Waals surface area contributed by atoms with Crippen molar-refractivity contribution >= 4 is 27.7 Å². The number of imidazole rings is 1. The lowest BCUT2D eigenvalue weighted by atomic mass is 9.80. The molecule has 1 atom stereocenters. The monoisotopic (exact) mass is 475 g/mol. The largest absolute Gasteiger partial charge is 0.323 e. The van der Waals surface area contributed by atoms with E-state index in [2.05, 4.69) is 87.7 Å². The van der Waals surface area contributed by atoms with Gasteiger partial charge >= 0.3 is 0 Å². The van der Waals surface area contributed by atoms with Gasteiger partial charge in [-0.15, -0.1) is 0 Å². The van der Waals surface area contributed by atoms with Gasteiger partial charge in [0.05, 0.1) is 28.2 Å². The number of carbonyl (C=O) groups is 1. The Labute approximate surface area is 209 Å². The molecule has 0 unspecified atom stereocenters. The highest BCUT2D eigenvalue weighted by Crippen LogP contribution is 2.42. The molecule has 2 aromatic heterocycles. The van der Waals surface area contributed by atoms with Crippen molar-refractivity contribution in [3.63, 3.8) is 0 Å². The molecule has 36 heavy (non-hydrogen) atoms. The molecule has 180 valence electrons. The number of nitrogens with zero attached hydrogens (tertiary/aromatic N) is 3. The third-order valence-corrected chi connectivity index (χ3v) is 8.07. The van der Waals surface area contributed by atoms with Crippen LogP contribution in [0.15, 0.2) is 66.9 Å². The van der Waals surface area contributed by atoms with Gasteiger partial charge in [0.25, 0.3) is 0 Å². The minimum atomic E-state index is -0.354. The molecule has 2 fully saturated rings. The van der Waals surface area contributed by atoms with Crippen LogP contribution in [0.2, 0.25) is 0 Å². The van der Waals surface area contributed by atoms with Crippen LogP contribution in [0.1, 0.15) is 24.8 Å². The normalized spacial score (nSPS) is 19.9. The summed E-state index contributed by atoms with van der Waals surface area (Å²) in [6.07, 6.45) is 4.82. The first-order valence-electron chi connectivity index (χ1n) is 12.9. The first-order valence-corrected chi connectivity index (χ1v) is 12.9. The van der Waals surface area contributed by atoms with E-state index in [1.165, 1.54) is 0 Å². The highest BCUT2D eigenvalue weighted by atomic mass is 16.1. The Morgan fingerprint density at radius 3 is 2.64 bits per heavy atom. The molecule has 5 aromatic rings. The summed E-state index contributed by atoms with van der Waals surface area (Å²) >= 11 is 0. The van der Waals surface area contributed by atoms with Crippen molar-refractivity contribution in [2.75, 3.05) is 13.1 Å². The van der Waals surface area contributed by atoms with Crippen molar-refractivity contribution in [1.82, 2.24) is 25.1 Å². The number of Topliss-reactive ketones (excluding diaryl/α,β-unsaturated/α-hetero) is 1. The number of fused-ring (bicyclic) bond motifs is 2. The molecule has 0 amide bonds. The molecule has 3 heterocycles. The average Bonchev–Trinajstić information content (AvgIpc) is 3.29. The highest BCUT2D eigenvalue weighted by Gasteiger charge is 2.48. The van der Waals surface area contributed by atoms with Crippen LogP contribution in [0.4, 0.5) is 0 Å². The highest BCUT2D eigenvalue weighted by molar-refractivity contribution is 5.90. The lowest BCUT2D eigenvalue weighted by molar-refractivity contribution is -0.129. The smallest absolute Gasteiger partial charge is 0.145 e. The fraction of sp³-hybridized carbons (Fsp3) is 0.300. The minimum Gasteiger partial charge on any atom is -0.323 e. The summed E-state index contributed by atoms with van der Waals surface area (Å²) in [4.78, 5) is 18.6. The number of hydrogen-bond acceptors (Lipinski definition) is 4. The second-order valence-corrected chi connectivity index (χ2v) is 10.6. The number of benzene rings is 3. The third-order valence-electron chi connectivity index (χ3n) is 8.07. The number of H-pyrrole nitrogens is 1. The number of rotatable bonds is 6. The number of aromatic amines is 1. The summed E-state index contributed by atoms with van der Waals surface area (Å²) in [6.45, 7) is 4.43. The Kier molecular flexibility index (Phi) is 4.86. The van der Waals surface area contributed by atoms with Crippen molar-refractivity contribution in [3.8, 4) is 22.5 Å². The van der Waals surface area contributed by atoms with Crippen LogP contribution >= 0.6 is 0 Å². The van der Waals surface area contributed by atoms with Gasteiger partial charge in [-0.3, -0.25) is 9.89 Å². The van der Waals surface area contributed by atoms with Crippen LogP contribution in [0, 0.1) is 18.3 Å². The SMILES string of the molecule is Cc1cccc2c1nc(-c1ccc(-c3ccc4cn[nH]c4c3)cc1)n2C[C@]1(C(=O)C2CC2)CCNC1. The standard InChI is InChI=1S/C30H29N5O/c1-19-3-2-4-26-27(19)33-29(35(26)18-30(13-14-31-17-30)28(36)21-7-8-21)22-9-5-20(6-10-22)23-11-12-24-16-32-34-25(24)15-23/h2-6,9-12,15-16,21,31H,7-8,13-14,17-18H2,1H3,(H,32,34)/t30-/m0/s1. The zero-order chi connectivity index (χ0) is 24.3. The summed E-state index contributed by atoms with van der Waals surface area (Å²) in [5, 5.41) is 11.8. The number of carbonyl (C=O) groups excluding carboxylic acids is 1. The molecular formula is C30H29N5O. The first kappa shape index (κ1) is 21.5. The molecule has 1 aliphatic carbocycles. The lowest BCUT2D eigenvalue weighted by Crippen LogP contribution is -2.39. The first-order chi connectivity index (χ1) is 17.6. The van der Waals surface area contributed by atoms with Crippen LogP contribution in [-0.2, 0) is 11.3 Å². The van der Waals surface area contributed by atoms with Crippen LogP contribution < -0.4 is 5.32 Å². The van der Waals surface area contributed by atoms with Crippen molar-refractivity contribution in [3.05, 3.63) is 72.4 Å².